The van der Waals surface area contributed by atoms with Gasteiger partial charge in [0.1, 0.15) is 4.88 Å². The van der Waals surface area contributed by atoms with Crippen LogP contribution in [-0.2, 0) is 11.3 Å². The Bertz CT molecular complexity index is 987. The zero-order chi connectivity index (χ0) is 22.6. The molecule has 0 radical (unpaired) electrons. The van der Waals surface area contributed by atoms with Crippen molar-refractivity contribution >= 4 is 28.9 Å². The Balaban J connectivity index is 2.01. The smallest absolute Gasteiger partial charge is 0.348 e. The topological polar surface area (TPSA) is 70.5 Å². The van der Waals surface area contributed by atoms with Crippen LogP contribution in [0.2, 0.25) is 0 Å². The maximum absolute atomic E-state index is 13.6. The van der Waals surface area contributed by atoms with Crippen LogP contribution in [-0.4, -0.2) is 22.0 Å². The average Bonchev–Trinajstić information content (AvgIpc) is 3.15. The minimum Gasteiger partial charge on any atom is -0.477 e. The molecule has 2 aromatic heterocycles. The van der Waals surface area contributed by atoms with Gasteiger partial charge in [0, 0.05) is 23.7 Å². The van der Waals surface area contributed by atoms with E-state index in [1.807, 2.05) is 32.9 Å². The van der Waals surface area contributed by atoms with E-state index >= 15 is 0 Å². The lowest BCUT2D eigenvalue weighted by molar-refractivity contribution is -0.123. The highest BCUT2D eigenvalue weighted by Crippen LogP contribution is 2.36. The Morgan fingerprint density at radius 1 is 1.26 bits per heavy atom. The molecule has 0 atom stereocenters. The van der Waals surface area contributed by atoms with Gasteiger partial charge in [-0.15, -0.1) is 11.3 Å². The van der Waals surface area contributed by atoms with Crippen molar-refractivity contribution < 1.29 is 14.7 Å². The van der Waals surface area contributed by atoms with Crippen LogP contribution in [0.3, 0.4) is 0 Å². The van der Waals surface area contributed by atoms with Crippen LogP contribution in [0.4, 0.5) is 5.69 Å². The Kier molecular flexibility index (Phi) is 7.17. The number of carboxylic acids is 1. The standard InChI is InChI=1S/C25H30N2O3S/c1-17-7-9-19(10-8-17)23(28)27(16-18-6-5-13-26-15-18)21-14-20(11-12-25(2,3)4)31-22(21)24(29)30/h5-6,13-15,17,19H,7-10,16H2,1-4H3,(H,29,30)/t17-,19-. The molecular formula is C25H30N2O3S. The van der Waals surface area contributed by atoms with E-state index in [4.69, 9.17) is 0 Å². The van der Waals surface area contributed by atoms with E-state index in [1.165, 1.54) is 0 Å². The van der Waals surface area contributed by atoms with Crippen LogP contribution in [0.1, 0.15) is 73.5 Å². The molecular weight excluding hydrogens is 408 g/mol. The van der Waals surface area contributed by atoms with E-state index in [0.29, 0.717) is 23.0 Å². The van der Waals surface area contributed by atoms with Gasteiger partial charge in [-0.3, -0.25) is 9.78 Å². The number of aromatic nitrogens is 1. The molecule has 6 heteroatoms. The summed E-state index contributed by atoms with van der Waals surface area (Å²) in [5, 5.41) is 9.86. The molecule has 1 amide bonds. The molecule has 0 spiro atoms. The summed E-state index contributed by atoms with van der Waals surface area (Å²) in [6.45, 7) is 8.54. The summed E-state index contributed by atoms with van der Waals surface area (Å²) >= 11 is 1.13. The van der Waals surface area contributed by atoms with Crippen molar-refractivity contribution in [1.29, 1.82) is 0 Å². The van der Waals surface area contributed by atoms with Crippen LogP contribution in [0.25, 0.3) is 0 Å². The first-order chi connectivity index (χ1) is 14.6. The number of carboxylic acid groups (broad SMARTS) is 1. The van der Waals surface area contributed by atoms with Gasteiger partial charge in [0.25, 0.3) is 0 Å². The number of amides is 1. The van der Waals surface area contributed by atoms with E-state index in [-0.39, 0.29) is 22.1 Å². The number of rotatable bonds is 5. The molecule has 31 heavy (non-hydrogen) atoms. The molecule has 2 aromatic rings. The number of hydrogen-bond acceptors (Lipinski definition) is 4. The lowest BCUT2D eigenvalue weighted by Crippen LogP contribution is -2.37. The highest BCUT2D eigenvalue weighted by atomic mass is 32.1. The lowest BCUT2D eigenvalue weighted by Gasteiger charge is -2.31. The first-order valence-corrected chi connectivity index (χ1v) is 11.6. The molecule has 5 nitrogen and oxygen atoms in total. The molecule has 1 saturated carbocycles. The number of pyridine rings is 1. The van der Waals surface area contributed by atoms with Gasteiger partial charge in [0.15, 0.2) is 0 Å². The summed E-state index contributed by atoms with van der Waals surface area (Å²) < 4.78 is 0. The molecule has 164 valence electrons. The van der Waals surface area contributed by atoms with E-state index in [0.717, 1.165) is 42.6 Å². The Morgan fingerprint density at radius 3 is 2.55 bits per heavy atom. The summed E-state index contributed by atoms with van der Waals surface area (Å²) in [7, 11) is 0. The molecule has 0 unspecified atom stereocenters. The van der Waals surface area contributed by atoms with Gasteiger partial charge < -0.3 is 10.0 Å². The first-order valence-electron chi connectivity index (χ1n) is 10.7. The van der Waals surface area contributed by atoms with E-state index in [9.17, 15) is 14.7 Å². The van der Waals surface area contributed by atoms with Crippen LogP contribution in [0, 0.1) is 29.1 Å². The van der Waals surface area contributed by atoms with Gasteiger partial charge >= 0.3 is 5.97 Å². The van der Waals surface area contributed by atoms with Crippen LogP contribution >= 0.6 is 11.3 Å². The number of carbonyl (C=O) groups excluding carboxylic acids is 1. The fourth-order valence-electron chi connectivity index (χ4n) is 3.73. The Hall–Kier alpha value is -2.65. The van der Waals surface area contributed by atoms with Crippen molar-refractivity contribution in [3.63, 3.8) is 0 Å². The molecule has 1 N–H and O–H groups in total. The fourth-order valence-corrected chi connectivity index (χ4v) is 4.58. The number of thiophene rings is 1. The van der Waals surface area contributed by atoms with Crippen molar-refractivity contribution in [1.82, 2.24) is 4.98 Å². The molecule has 3 rings (SSSR count). The van der Waals surface area contributed by atoms with Gasteiger partial charge in [-0.25, -0.2) is 4.79 Å². The molecule has 1 aliphatic rings. The third-order valence-corrected chi connectivity index (χ3v) is 6.48. The SMILES string of the molecule is CC(C)(C)C#Cc1cc(N(Cc2cccnc2)C(=O)[C@H]2CC[C@H](C)CC2)c(C(=O)O)s1. The van der Waals surface area contributed by atoms with Crippen LogP contribution in [0.15, 0.2) is 30.6 Å². The first kappa shape index (κ1) is 23.0. The highest BCUT2D eigenvalue weighted by Gasteiger charge is 2.32. The van der Waals surface area contributed by atoms with Crippen molar-refractivity contribution in [3.8, 4) is 11.8 Å². The summed E-state index contributed by atoms with van der Waals surface area (Å²) in [4.78, 5) is 32.2. The Labute approximate surface area is 188 Å². The van der Waals surface area contributed by atoms with Crippen molar-refractivity contribution in [2.45, 2.75) is 59.9 Å². The number of carbonyl (C=O) groups is 2. The number of anilines is 1. The van der Waals surface area contributed by atoms with Crippen molar-refractivity contribution in [3.05, 3.63) is 45.9 Å². The molecule has 0 bridgehead atoms. The van der Waals surface area contributed by atoms with Gasteiger partial charge in [-0.1, -0.05) is 24.8 Å². The predicted molar refractivity (Wildman–Crippen MR) is 124 cm³/mol. The minimum atomic E-state index is -1.04. The van der Waals surface area contributed by atoms with E-state index < -0.39 is 5.97 Å². The quantitative estimate of drug-likeness (QED) is 0.617. The second kappa shape index (κ2) is 9.65. The predicted octanol–water partition coefficient (Wildman–Crippen LogP) is 5.60. The number of hydrogen-bond donors (Lipinski definition) is 1. The van der Waals surface area contributed by atoms with Gasteiger partial charge in [-0.2, -0.15) is 0 Å². The monoisotopic (exact) mass is 438 g/mol. The number of aromatic carboxylic acids is 1. The average molecular weight is 439 g/mol. The van der Waals surface area contributed by atoms with Crippen molar-refractivity contribution in [2.75, 3.05) is 4.90 Å². The second-order valence-electron chi connectivity index (χ2n) is 9.37. The summed E-state index contributed by atoms with van der Waals surface area (Å²) in [5.41, 5.74) is 1.10. The summed E-state index contributed by atoms with van der Waals surface area (Å²) in [6.07, 6.45) is 7.13. The molecule has 0 aliphatic heterocycles. The Morgan fingerprint density at radius 2 is 1.97 bits per heavy atom. The third-order valence-electron chi connectivity index (χ3n) is 5.45. The maximum atomic E-state index is 13.6. The highest BCUT2D eigenvalue weighted by molar-refractivity contribution is 7.15. The van der Waals surface area contributed by atoms with Gasteiger partial charge in [0.2, 0.25) is 5.91 Å². The largest absolute Gasteiger partial charge is 0.477 e. The number of nitrogens with zero attached hydrogens (tertiary/aromatic N) is 2. The third kappa shape index (κ3) is 6.18. The van der Waals surface area contributed by atoms with Crippen LogP contribution < -0.4 is 4.90 Å². The molecule has 1 fully saturated rings. The summed E-state index contributed by atoms with van der Waals surface area (Å²) in [6, 6.07) is 5.49. The lowest BCUT2D eigenvalue weighted by atomic mass is 9.82. The molecule has 0 aromatic carbocycles. The fraction of sp³-hybridized carbons (Fsp3) is 0.480. The van der Waals surface area contributed by atoms with Crippen LogP contribution in [0.5, 0.6) is 0 Å². The summed E-state index contributed by atoms with van der Waals surface area (Å²) in [5.74, 6) is 5.76. The maximum Gasteiger partial charge on any atom is 0.348 e. The van der Waals surface area contributed by atoms with Crippen molar-refractivity contribution in [2.24, 2.45) is 17.3 Å². The van der Waals surface area contributed by atoms with E-state index in [1.54, 1.807) is 23.4 Å². The molecule has 0 saturated heterocycles. The van der Waals surface area contributed by atoms with Gasteiger partial charge in [0.05, 0.1) is 17.1 Å². The van der Waals surface area contributed by atoms with Gasteiger partial charge in [-0.05, 0) is 70.1 Å². The van der Waals surface area contributed by atoms with E-state index in [2.05, 4.69) is 23.7 Å². The zero-order valence-corrected chi connectivity index (χ0v) is 19.5. The second-order valence-corrected chi connectivity index (χ2v) is 10.4. The molecule has 2 heterocycles. The zero-order valence-electron chi connectivity index (χ0n) is 18.6. The normalized spacial score (nSPS) is 18.7. The minimum absolute atomic E-state index is 0.00798. The molecule has 1 aliphatic carbocycles.